The van der Waals surface area contributed by atoms with Crippen LogP contribution < -0.4 is 5.32 Å². The van der Waals surface area contributed by atoms with Gasteiger partial charge in [-0.3, -0.25) is 4.79 Å². The molecule has 1 atom stereocenters. The molecular formula is C8H13NO2. The average Bonchev–Trinajstić information content (AvgIpc) is 2.04. The van der Waals surface area contributed by atoms with E-state index in [0.29, 0.717) is 13.2 Å². The predicted octanol–water partition coefficient (Wildman–Crippen LogP) is 0.120. The van der Waals surface area contributed by atoms with Crippen molar-refractivity contribution in [3.8, 4) is 0 Å². The summed E-state index contributed by atoms with van der Waals surface area (Å²) in [6, 6.07) is 0. The Hall–Kier alpha value is -0.670. The van der Waals surface area contributed by atoms with E-state index >= 15 is 0 Å². The van der Waals surface area contributed by atoms with Gasteiger partial charge in [0.2, 0.25) is 0 Å². The van der Waals surface area contributed by atoms with Crippen LogP contribution in [0.3, 0.4) is 0 Å². The Morgan fingerprint density at radius 2 is 2.55 bits per heavy atom. The molecule has 0 saturated carbocycles. The summed E-state index contributed by atoms with van der Waals surface area (Å²) in [5.74, 6) is -0.0512. The molecule has 3 nitrogen and oxygen atoms in total. The van der Waals surface area contributed by atoms with Crippen molar-refractivity contribution in [2.45, 2.75) is 12.5 Å². The molecule has 1 aliphatic rings. The number of nitrogens with one attached hydrogen (secondary N) is 1. The van der Waals surface area contributed by atoms with Gasteiger partial charge < -0.3 is 10.1 Å². The molecule has 11 heavy (non-hydrogen) atoms. The summed E-state index contributed by atoms with van der Waals surface area (Å²) in [6.45, 7) is 7.20. The van der Waals surface area contributed by atoms with Gasteiger partial charge in [0.25, 0.3) is 0 Å². The second-order valence-corrected chi connectivity index (χ2v) is 2.82. The number of carbonyl (C=O) groups excluding carboxylic acids is 1. The lowest BCUT2D eigenvalue weighted by Gasteiger charge is -2.31. The normalized spacial score (nSPS) is 31.4. The molecule has 1 unspecified atom stereocenters. The van der Waals surface area contributed by atoms with E-state index in [4.69, 9.17) is 4.74 Å². The third kappa shape index (κ3) is 1.67. The zero-order chi connectivity index (χ0) is 8.32. The minimum absolute atomic E-state index is 0.0512. The smallest absolute Gasteiger partial charge is 0.187 e. The molecule has 3 heteroatoms. The van der Waals surface area contributed by atoms with E-state index in [0.717, 1.165) is 6.54 Å². The summed E-state index contributed by atoms with van der Waals surface area (Å²) in [5, 5.41) is 3.10. The molecule has 1 heterocycles. The zero-order valence-corrected chi connectivity index (χ0v) is 6.72. The quantitative estimate of drug-likeness (QED) is 0.576. The van der Waals surface area contributed by atoms with Crippen LogP contribution in [0.25, 0.3) is 0 Å². The molecule has 1 N–H and O–H groups in total. The summed E-state index contributed by atoms with van der Waals surface area (Å²) in [6.07, 6.45) is 1.31. The second kappa shape index (κ2) is 3.15. The molecule has 0 aromatic carbocycles. The fraction of sp³-hybridized carbons (Fsp3) is 0.625. The fourth-order valence-electron chi connectivity index (χ4n) is 1.10. The van der Waals surface area contributed by atoms with Crippen LogP contribution in [-0.4, -0.2) is 31.1 Å². The van der Waals surface area contributed by atoms with Gasteiger partial charge in [0.1, 0.15) is 5.60 Å². The number of hydrogen-bond donors (Lipinski definition) is 1. The summed E-state index contributed by atoms with van der Waals surface area (Å²) in [5.41, 5.74) is -0.681. The van der Waals surface area contributed by atoms with Crippen molar-refractivity contribution in [3.05, 3.63) is 12.7 Å². The summed E-state index contributed by atoms with van der Waals surface area (Å²) in [7, 11) is 0. The third-order valence-electron chi connectivity index (χ3n) is 1.87. The molecule has 0 aliphatic carbocycles. The summed E-state index contributed by atoms with van der Waals surface area (Å²) in [4.78, 5) is 11.2. The van der Waals surface area contributed by atoms with Crippen LogP contribution in [0.15, 0.2) is 12.7 Å². The highest BCUT2D eigenvalue weighted by Gasteiger charge is 2.33. The Kier molecular flexibility index (Phi) is 2.42. The van der Waals surface area contributed by atoms with Crippen LogP contribution in [0.2, 0.25) is 0 Å². The predicted molar refractivity (Wildman–Crippen MR) is 42.4 cm³/mol. The van der Waals surface area contributed by atoms with E-state index in [-0.39, 0.29) is 5.78 Å². The van der Waals surface area contributed by atoms with Gasteiger partial charge in [-0.1, -0.05) is 6.58 Å². The number of rotatable bonds is 2. The van der Waals surface area contributed by atoms with Gasteiger partial charge in [-0.2, -0.15) is 0 Å². The first kappa shape index (κ1) is 8.43. The number of morpholine rings is 1. The van der Waals surface area contributed by atoms with Crippen LogP contribution in [0.5, 0.6) is 0 Å². The van der Waals surface area contributed by atoms with Crippen molar-refractivity contribution < 1.29 is 9.53 Å². The molecule has 1 rings (SSSR count). The average molecular weight is 155 g/mol. The maximum absolute atomic E-state index is 11.2. The Morgan fingerprint density at radius 3 is 3.00 bits per heavy atom. The molecule has 62 valence electrons. The molecular weight excluding hydrogens is 142 g/mol. The molecule has 0 spiro atoms. The van der Waals surface area contributed by atoms with Crippen LogP contribution in [0.1, 0.15) is 6.92 Å². The number of carbonyl (C=O) groups is 1. The number of ketones is 1. The van der Waals surface area contributed by atoms with Crippen LogP contribution in [-0.2, 0) is 9.53 Å². The van der Waals surface area contributed by atoms with Crippen LogP contribution in [0, 0.1) is 0 Å². The first-order valence-electron chi connectivity index (χ1n) is 3.70. The number of hydrogen-bond acceptors (Lipinski definition) is 3. The van der Waals surface area contributed by atoms with E-state index in [2.05, 4.69) is 11.9 Å². The zero-order valence-electron chi connectivity index (χ0n) is 6.72. The minimum Gasteiger partial charge on any atom is -0.364 e. The van der Waals surface area contributed by atoms with Crippen molar-refractivity contribution in [2.75, 3.05) is 19.7 Å². The molecule has 0 aromatic rings. The lowest BCUT2D eigenvalue weighted by atomic mass is 9.99. The Balaban J connectivity index is 2.63. The van der Waals surface area contributed by atoms with Gasteiger partial charge in [0, 0.05) is 13.1 Å². The largest absolute Gasteiger partial charge is 0.364 e. The van der Waals surface area contributed by atoms with Crippen molar-refractivity contribution >= 4 is 5.78 Å². The highest BCUT2D eigenvalue weighted by atomic mass is 16.5. The van der Waals surface area contributed by atoms with Gasteiger partial charge in [-0.05, 0) is 13.0 Å². The molecule has 1 aliphatic heterocycles. The molecule has 0 amide bonds. The maximum atomic E-state index is 11.2. The van der Waals surface area contributed by atoms with Crippen LogP contribution in [0.4, 0.5) is 0 Å². The first-order chi connectivity index (χ1) is 5.19. The van der Waals surface area contributed by atoms with Gasteiger partial charge in [-0.15, -0.1) is 0 Å². The summed E-state index contributed by atoms with van der Waals surface area (Å²) < 4.78 is 5.33. The summed E-state index contributed by atoms with van der Waals surface area (Å²) >= 11 is 0. The number of ether oxygens (including phenoxy) is 1. The van der Waals surface area contributed by atoms with Gasteiger partial charge in [0.15, 0.2) is 5.78 Å². The van der Waals surface area contributed by atoms with Gasteiger partial charge in [-0.25, -0.2) is 0 Å². The standard InChI is InChI=1S/C8H13NO2/c1-3-7(10)8(2)6-9-4-5-11-8/h3,9H,1,4-6H2,2H3. The van der Waals surface area contributed by atoms with Crippen LogP contribution >= 0.6 is 0 Å². The molecule has 1 saturated heterocycles. The fourth-order valence-corrected chi connectivity index (χ4v) is 1.10. The highest BCUT2D eigenvalue weighted by Crippen LogP contribution is 2.13. The van der Waals surface area contributed by atoms with Gasteiger partial charge in [0.05, 0.1) is 6.61 Å². The monoisotopic (exact) mass is 155 g/mol. The van der Waals surface area contributed by atoms with E-state index < -0.39 is 5.60 Å². The Labute approximate surface area is 66.4 Å². The third-order valence-corrected chi connectivity index (χ3v) is 1.87. The first-order valence-corrected chi connectivity index (χ1v) is 3.70. The van der Waals surface area contributed by atoms with Gasteiger partial charge >= 0.3 is 0 Å². The van der Waals surface area contributed by atoms with Crippen molar-refractivity contribution in [1.82, 2.24) is 5.32 Å². The maximum Gasteiger partial charge on any atom is 0.187 e. The molecule has 0 aromatic heterocycles. The van der Waals surface area contributed by atoms with Crippen molar-refractivity contribution in [3.63, 3.8) is 0 Å². The Bertz CT molecular complexity index is 171. The highest BCUT2D eigenvalue weighted by molar-refractivity contribution is 5.96. The van der Waals surface area contributed by atoms with Crippen molar-refractivity contribution in [2.24, 2.45) is 0 Å². The van der Waals surface area contributed by atoms with E-state index in [1.54, 1.807) is 6.92 Å². The van der Waals surface area contributed by atoms with Crippen molar-refractivity contribution in [1.29, 1.82) is 0 Å². The van der Waals surface area contributed by atoms with E-state index in [1.807, 2.05) is 0 Å². The lowest BCUT2D eigenvalue weighted by Crippen LogP contribution is -2.52. The lowest BCUT2D eigenvalue weighted by molar-refractivity contribution is -0.140. The van der Waals surface area contributed by atoms with E-state index in [9.17, 15) is 4.79 Å². The minimum atomic E-state index is -0.681. The molecule has 1 fully saturated rings. The van der Waals surface area contributed by atoms with E-state index in [1.165, 1.54) is 6.08 Å². The molecule has 0 radical (unpaired) electrons. The second-order valence-electron chi connectivity index (χ2n) is 2.82. The topological polar surface area (TPSA) is 38.3 Å². The Morgan fingerprint density at radius 1 is 1.82 bits per heavy atom. The molecule has 0 bridgehead atoms. The SMILES string of the molecule is C=CC(=O)C1(C)CNCCO1.